The molecule has 0 fully saturated rings. The number of hydrogen-bond donors (Lipinski definition) is 0. The minimum absolute atomic E-state index is 0.0884. The Morgan fingerprint density at radius 2 is 0.885 bits per heavy atom. The third kappa shape index (κ3) is 15.1. The second kappa shape index (κ2) is 18.6. The molecule has 0 rings (SSSR count). The molecule has 0 saturated heterocycles. The molecule has 0 amide bonds. The van der Waals surface area contributed by atoms with Crippen LogP contribution in [-0.2, 0) is 38.0 Å². The van der Waals surface area contributed by atoms with Gasteiger partial charge in [0.25, 0.3) is 0 Å². The minimum atomic E-state index is -0.976. The highest BCUT2D eigenvalue weighted by Crippen LogP contribution is 2.02. The summed E-state index contributed by atoms with van der Waals surface area (Å²) in [5, 5.41) is 0. The fraction of sp³-hybridized carbons (Fsp3) is 0.889. The molecule has 0 saturated carbocycles. The van der Waals surface area contributed by atoms with Crippen LogP contribution in [0.5, 0.6) is 0 Å². The number of ether oxygens (including phenoxy) is 6. The molecule has 0 aromatic carbocycles. The third-order valence-electron chi connectivity index (χ3n) is 3.09. The van der Waals surface area contributed by atoms with Crippen LogP contribution in [0.15, 0.2) is 0 Å². The van der Waals surface area contributed by atoms with E-state index in [0.717, 1.165) is 12.8 Å². The van der Waals surface area contributed by atoms with Crippen LogP contribution in [0.3, 0.4) is 0 Å². The maximum atomic E-state index is 11.7. The molecule has 0 heterocycles. The van der Waals surface area contributed by atoms with Gasteiger partial charge in [-0.1, -0.05) is 13.8 Å². The number of carbonyl (C=O) groups is 2. The summed E-state index contributed by atoms with van der Waals surface area (Å²) >= 11 is 0. The number of hydrogen-bond acceptors (Lipinski definition) is 8. The van der Waals surface area contributed by atoms with Gasteiger partial charge in [-0.15, -0.1) is 0 Å². The van der Waals surface area contributed by atoms with E-state index in [1.54, 1.807) is 0 Å². The second-order valence-corrected chi connectivity index (χ2v) is 5.51. The summed E-state index contributed by atoms with van der Waals surface area (Å²) in [4.78, 5) is 23.5. The molecule has 0 atom stereocenters. The predicted molar refractivity (Wildman–Crippen MR) is 94.9 cm³/mol. The average Bonchev–Trinajstić information content (AvgIpc) is 2.65. The fourth-order valence-corrected chi connectivity index (χ4v) is 1.68. The minimum Gasteiger partial charge on any atom is -0.463 e. The van der Waals surface area contributed by atoms with Crippen molar-refractivity contribution in [2.24, 2.45) is 5.92 Å². The fourth-order valence-electron chi connectivity index (χ4n) is 1.68. The Hall–Kier alpha value is -1.22. The normalized spacial score (nSPS) is 10.9. The van der Waals surface area contributed by atoms with E-state index in [4.69, 9.17) is 28.4 Å². The molecule has 0 aromatic rings. The Balaban J connectivity index is 3.55. The first-order valence-electron chi connectivity index (χ1n) is 9.27. The Kier molecular flexibility index (Phi) is 17.7. The van der Waals surface area contributed by atoms with Gasteiger partial charge in [0, 0.05) is 13.2 Å². The van der Waals surface area contributed by atoms with Crippen molar-refractivity contribution in [1.29, 1.82) is 0 Å². The summed E-state index contributed by atoms with van der Waals surface area (Å²) in [6, 6.07) is 0. The summed E-state index contributed by atoms with van der Waals surface area (Å²) in [5.41, 5.74) is 0. The van der Waals surface area contributed by atoms with Crippen molar-refractivity contribution >= 4 is 11.9 Å². The van der Waals surface area contributed by atoms with Crippen LogP contribution in [0.2, 0.25) is 0 Å². The molecule has 0 radical (unpaired) electrons. The van der Waals surface area contributed by atoms with Gasteiger partial charge < -0.3 is 28.4 Å². The van der Waals surface area contributed by atoms with Crippen LogP contribution < -0.4 is 0 Å². The van der Waals surface area contributed by atoms with Crippen molar-refractivity contribution in [3.05, 3.63) is 0 Å². The highest BCUT2D eigenvalue weighted by Gasteiger charge is 2.24. The standard InChI is InChI=1S/C18H34O8/c1-4-6-21-8-10-23-12-14-25-17(19)16(3)18(20)26-15-13-24-11-9-22-7-5-2/h16H,4-15H2,1-3H3. The van der Waals surface area contributed by atoms with Crippen molar-refractivity contribution in [1.82, 2.24) is 0 Å². The van der Waals surface area contributed by atoms with E-state index < -0.39 is 17.9 Å². The van der Waals surface area contributed by atoms with Crippen LogP contribution in [0, 0.1) is 5.92 Å². The predicted octanol–water partition coefficient (Wildman–Crippen LogP) is 1.60. The van der Waals surface area contributed by atoms with Gasteiger partial charge >= 0.3 is 11.9 Å². The maximum absolute atomic E-state index is 11.7. The van der Waals surface area contributed by atoms with Crippen molar-refractivity contribution in [3.63, 3.8) is 0 Å². The second-order valence-electron chi connectivity index (χ2n) is 5.51. The number of rotatable bonds is 18. The van der Waals surface area contributed by atoms with Crippen LogP contribution in [0.4, 0.5) is 0 Å². The van der Waals surface area contributed by atoms with Gasteiger partial charge in [0.05, 0.1) is 39.6 Å². The van der Waals surface area contributed by atoms with Crippen LogP contribution >= 0.6 is 0 Å². The SMILES string of the molecule is CCCOCCOCCOC(=O)C(C)C(=O)OCCOCCOCCC. The van der Waals surface area contributed by atoms with Crippen LogP contribution in [0.1, 0.15) is 33.6 Å². The van der Waals surface area contributed by atoms with Crippen molar-refractivity contribution in [2.75, 3.05) is 66.1 Å². The number of esters is 2. The summed E-state index contributed by atoms with van der Waals surface area (Å²) < 4.78 is 31.0. The van der Waals surface area contributed by atoms with E-state index in [1.165, 1.54) is 6.92 Å². The average molecular weight is 378 g/mol. The van der Waals surface area contributed by atoms with Crippen molar-refractivity contribution < 1.29 is 38.0 Å². The van der Waals surface area contributed by atoms with Gasteiger partial charge in [0.1, 0.15) is 13.2 Å². The Bertz CT molecular complexity index is 316. The molecule has 0 bridgehead atoms. The lowest BCUT2D eigenvalue weighted by atomic mass is 10.2. The topological polar surface area (TPSA) is 89.5 Å². The molecule has 0 aliphatic rings. The lowest BCUT2D eigenvalue weighted by Crippen LogP contribution is -2.27. The van der Waals surface area contributed by atoms with Gasteiger partial charge in [-0.2, -0.15) is 0 Å². The highest BCUT2D eigenvalue weighted by atomic mass is 16.6. The summed E-state index contributed by atoms with van der Waals surface area (Å²) in [5.74, 6) is -2.24. The molecule has 0 aliphatic heterocycles. The molecule has 8 nitrogen and oxygen atoms in total. The van der Waals surface area contributed by atoms with E-state index >= 15 is 0 Å². The number of carbonyl (C=O) groups excluding carboxylic acids is 2. The molecule has 0 N–H and O–H groups in total. The first-order valence-corrected chi connectivity index (χ1v) is 9.27. The van der Waals surface area contributed by atoms with Gasteiger partial charge in [0.2, 0.25) is 0 Å². The van der Waals surface area contributed by atoms with Gasteiger partial charge in [-0.3, -0.25) is 9.59 Å². The van der Waals surface area contributed by atoms with Gasteiger partial charge in [-0.25, -0.2) is 0 Å². The van der Waals surface area contributed by atoms with Crippen LogP contribution in [0.25, 0.3) is 0 Å². The Morgan fingerprint density at radius 1 is 0.577 bits per heavy atom. The zero-order valence-electron chi connectivity index (χ0n) is 16.3. The zero-order chi connectivity index (χ0) is 19.5. The van der Waals surface area contributed by atoms with E-state index in [1.807, 2.05) is 13.8 Å². The molecule has 0 spiro atoms. The summed E-state index contributed by atoms with van der Waals surface area (Å²) in [6.07, 6.45) is 1.93. The summed E-state index contributed by atoms with van der Waals surface area (Å²) in [7, 11) is 0. The maximum Gasteiger partial charge on any atom is 0.320 e. The lowest BCUT2D eigenvalue weighted by Gasteiger charge is -2.12. The van der Waals surface area contributed by atoms with E-state index in [-0.39, 0.29) is 26.4 Å². The molecule has 0 unspecified atom stereocenters. The van der Waals surface area contributed by atoms with Gasteiger partial charge in [0.15, 0.2) is 5.92 Å². The lowest BCUT2D eigenvalue weighted by molar-refractivity contribution is -0.163. The monoisotopic (exact) mass is 378 g/mol. The highest BCUT2D eigenvalue weighted by molar-refractivity contribution is 5.94. The van der Waals surface area contributed by atoms with Crippen LogP contribution in [-0.4, -0.2) is 78.0 Å². The Morgan fingerprint density at radius 3 is 1.23 bits per heavy atom. The summed E-state index contributed by atoms with van der Waals surface area (Å²) in [6.45, 7) is 9.52. The molecule has 0 aliphatic carbocycles. The van der Waals surface area contributed by atoms with E-state index in [2.05, 4.69) is 0 Å². The Labute approximate surface area is 156 Å². The smallest absolute Gasteiger partial charge is 0.320 e. The first kappa shape index (κ1) is 24.8. The largest absolute Gasteiger partial charge is 0.463 e. The molecule has 26 heavy (non-hydrogen) atoms. The first-order chi connectivity index (χ1) is 12.6. The van der Waals surface area contributed by atoms with Crippen molar-refractivity contribution in [2.45, 2.75) is 33.6 Å². The quantitative estimate of drug-likeness (QED) is 0.202. The van der Waals surface area contributed by atoms with Crippen molar-refractivity contribution in [3.8, 4) is 0 Å². The van der Waals surface area contributed by atoms with Gasteiger partial charge in [-0.05, 0) is 19.8 Å². The molecule has 8 heteroatoms. The van der Waals surface area contributed by atoms with E-state index in [9.17, 15) is 9.59 Å². The van der Waals surface area contributed by atoms with E-state index in [0.29, 0.717) is 39.6 Å². The third-order valence-corrected chi connectivity index (χ3v) is 3.09. The molecule has 154 valence electrons. The zero-order valence-corrected chi connectivity index (χ0v) is 16.3. The molecular formula is C18H34O8. The molecule has 0 aromatic heterocycles. The molecular weight excluding hydrogens is 344 g/mol.